The van der Waals surface area contributed by atoms with Gasteiger partial charge in [-0.2, -0.15) is 0 Å². The topological polar surface area (TPSA) is 88.1 Å². The molecule has 1 atom stereocenters. The van der Waals surface area contributed by atoms with Gasteiger partial charge in [0.05, 0.1) is 12.9 Å². The molecule has 1 aliphatic rings. The summed E-state index contributed by atoms with van der Waals surface area (Å²) in [6.07, 6.45) is 0. The van der Waals surface area contributed by atoms with E-state index in [1.165, 1.54) is 29.9 Å². The van der Waals surface area contributed by atoms with Crippen molar-refractivity contribution in [2.45, 2.75) is 5.37 Å². The lowest BCUT2D eigenvalue weighted by Crippen LogP contribution is -2.46. The molecule has 0 aliphatic carbocycles. The van der Waals surface area contributed by atoms with Crippen LogP contribution in [0.25, 0.3) is 0 Å². The lowest BCUT2D eigenvalue weighted by atomic mass is 10.2. The highest BCUT2D eigenvalue weighted by Gasteiger charge is 2.34. The number of methoxy groups -OCH3 is 1. The van der Waals surface area contributed by atoms with Gasteiger partial charge in [-0.25, -0.2) is 5.01 Å². The summed E-state index contributed by atoms with van der Waals surface area (Å²) in [7, 11) is 1.44. The summed E-state index contributed by atoms with van der Waals surface area (Å²) in [5.41, 5.74) is 3.30. The third kappa shape index (κ3) is 4.58. The Morgan fingerprint density at radius 1 is 1.33 bits per heavy atom. The molecule has 2 amide bonds. The van der Waals surface area contributed by atoms with Crippen LogP contribution >= 0.6 is 23.4 Å². The Balaban J connectivity index is 1.65. The van der Waals surface area contributed by atoms with Crippen molar-refractivity contribution >= 4 is 35.2 Å². The van der Waals surface area contributed by atoms with Gasteiger partial charge in [-0.15, -0.1) is 11.8 Å². The number of carbonyl (C=O) groups is 2. The van der Waals surface area contributed by atoms with E-state index in [9.17, 15) is 14.7 Å². The molecule has 2 N–H and O–H groups in total. The van der Waals surface area contributed by atoms with Crippen molar-refractivity contribution in [3.8, 4) is 17.2 Å². The minimum atomic E-state index is -0.462. The van der Waals surface area contributed by atoms with E-state index in [1.807, 2.05) is 0 Å². The van der Waals surface area contributed by atoms with Crippen molar-refractivity contribution in [3.05, 3.63) is 53.1 Å². The molecule has 2 aromatic carbocycles. The summed E-state index contributed by atoms with van der Waals surface area (Å²) in [4.78, 5) is 24.4. The van der Waals surface area contributed by atoms with Gasteiger partial charge in [0.15, 0.2) is 18.1 Å². The van der Waals surface area contributed by atoms with Gasteiger partial charge in [0.1, 0.15) is 11.1 Å². The predicted molar refractivity (Wildman–Crippen MR) is 102 cm³/mol. The minimum Gasteiger partial charge on any atom is -0.504 e. The number of carbonyl (C=O) groups excluding carboxylic acids is 2. The van der Waals surface area contributed by atoms with E-state index in [1.54, 1.807) is 36.4 Å². The molecule has 142 valence electrons. The number of phenols is 1. The summed E-state index contributed by atoms with van der Waals surface area (Å²) in [6.45, 7) is -0.248. The zero-order valence-electron chi connectivity index (χ0n) is 14.3. The second-order valence-electron chi connectivity index (χ2n) is 5.64. The van der Waals surface area contributed by atoms with Crippen LogP contribution < -0.4 is 14.9 Å². The van der Waals surface area contributed by atoms with Crippen LogP contribution in [-0.2, 0) is 9.59 Å². The van der Waals surface area contributed by atoms with Gasteiger partial charge in [0.2, 0.25) is 0 Å². The molecule has 1 aliphatic heterocycles. The van der Waals surface area contributed by atoms with Crippen molar-refractivity contribution < 1.29 is 24.2 Å². The number of ether oxygens (including phenoxy) is 2. The maximum absolute atomic E-state index is 12.2. The number of aromatic hydroxyl groups is 1. The molecule has 1 unspecified atom stereocenters. The van der Waals surface area contributed by atoms with Crippen molar-refractivity contribution in [1.82, 2.24) is 10.4 Å². The second kappa shape index (κ2) is 8.41. The third-order valence-electron chi connectivity index (χ3n) is 3.79. The van der Waals surface area contributed by atoms with Gasteiger partial charge in [-0.1, -0.05) is 17.7 Å². The van der Waals surface area contributed by atoms with Crippen LogP contribution in [0.1, 0.15) is 10.9 Å². The normalized spacial score (nSPS) is 16.3. The van der Waals surface area contributed by atoms with Gasteiger partial charge < -0.3 is 14.6 Å². The molecule has 1 saturated heterocycles. The molecule has 1 heterocycles. The van der Waals surface area contributed by atoms with E-state index in [0.29, 0.717) is 16.5 Å². The molecule has 9 heteroatoms. The van der Waals surface area contributed by atoms with Crippen LogP contribution in [0.3, 0.4) is 0 Å². The Morgan fingerprint density at radius 3 is 2.78 bits per heavy atom. The Labute approximate surface area is 165 Å². The highest BCUT2D eigenvalue weighted by atomic mass is 35.5. The van der Waals surface area contributed by atoms with Crippen molar-refractivity contribution in [2.24, 2.45) is 0 Å². The average molecular weight is 409 g/mol. The smallest absolute Gasteiger partial charge is 0.276 e. The molecule has 0 radical (unpaired) electrons. The fourth-order valence-corrected chi connectivity index (χ4v) is 3.71. The quantitative estimate of drug-likeness (QED) is 0.764. The number of halogens is 1. The lowest BCUT2D eigenvalue weighted by molar-refractivity contribution is -0.140. The Bertz CT molecular complexity index is 846. The summed E-state index contributed by atoms with van der Waals surface area (Å²) < 4.78 is 10.5. The first kappa shape index (κ1) is 19.2. The number of nitrogens with one attached hydrogen (secondary N) is 1. The minimum absolute atomic E-state index is 0.00234. The van der Waals surface area contributed by atoms with Crippen LogP contribution in [0.4, 0.5) is 0 Å². The summed E-state index contributed by atoms with van der Waals surface area (Å²) in [6, 6.07) is 11.4. The Morgan fingerprint density at radius 2 is 2.07 bits per heavy atom. The van der Waals surface area contributed by atoms with E-state index in [0.717, 1.165) is 5.56 Å². The molecule has 0 aromatic heterocycles. The largest absolute Gasteiger partial charge is 0.504 e. The number of hydrogen-bond acceptors (Lipinski definition) is 6. The highest BCUT2D eigenvalue weighted by molar-refractivity contribution is 8.00. The highest BCUT2D eigenvalue weighted by Crippen LogP contribution is 2.40. The summed E-state index contributed by atoms with van der Waals surface area (Å²) >= 11 is 7.17. The maximum atomic E-state index is 12.2. The molecule has 0 bridgehead atoms. The van der Waals surface area contributed by atoms with Gasteiger partial charge in [-0.05, 0) is 42.0 Å². The van der Waals surface area contributed by atoms with E-state index < -0.39 is 11.3 Å². The van der Waals surface area contributed by atoms with Crippen LogP contribution in [0.5, 0.6) is 17.2 Å². The number of benzene rings is 2. The monoisotopic (exact) mass is 408 g/mol. The predicted octanol–water partition coefficient (Wildman–Crippen LogP) is 2.74. The number of thioether (sulfide) groups is 1. The Hall–Kier alpha value is -2.58. The van der Waals surface area contributed by atoms with E-state index >= 15 is 0 Å². The first-order valence-corrected chi connectivity index (χ1v) is 9.39. The van der Waals surface area contributed by atoms with Gasteiger partial charge in [0, 0.05) is 5.02 Å². The fourth-order valence-electron chi connectivity index (χ4n) is 2.49. The number of phenolic OH excluding ortho intramolecular Hbond substituents is 1. The summed E-state index contributed by atoms with van der Waals surface area (Å²) in [5.74, 6) is 0.337. The number of amides is 2. The van der Waals surface area contributed by atoms with Crippen LogP contribution in [0.15, 0.2) is 42.5 Å². The van der Waals surface area contributed by atoms with Gasteiger partial charge in [0.25, 0.3) is 11.8 Å². The number of hydrogen-bond donors (Lipinski definition) is 2. The number of rotatable bonds is 6. The molecular weight excluding hydrogens is 392 g/mol. The standard InChI is InChI=1S/C18H17ClN2O5S/c1-25-15-8-11(2-7-14(15)22)18-21(17(24)10-27-18)20-16(23)9-26-13-5-3-12(19)4-6-13/h2-8,18,22H,9-10H2,1H3,(H,20,23). The van der Waals surface area contributed by atoms with Crippen molar-refractivity contribution in [3.63, 3.8) is 0 Å². The molecule has 7 nitrogen and oxygen atoms in total. The van der Waals surface area contributed by atoms with Crippen LogP contribution in [0, 0.1) is 0 Å². The van der Waals surface area contributed by atoms with Crippen molar-refractivity contribution in [2.75, 3.05) is 19.5 Å². The first-order valence-electron chi connectivity index (χ1n) is 7.96. The average Bonchev–Trinajstić information content (AvgIpc) is 3.02. The molecule has 2 aromatic rings. The molecule has 27 heavy (non-hydrogen) atoms. The summed E-state index contributed by atoms with van der Waals surface area (Å²) in [5, 5.41) is 11.1. The van der Waals surface area contributed by atoms with E-state index in [2.05, 4.69) is 5.43 Å². The zero-order chi connectivity index (χ0) is 19.4. The van der Waals surface area contributed by atoms with Gasteiger partial charge in [-0.3, -0.25) is 15.0 Å². The van der Waals surface area contributed by atoms with Crippen LogP contribution in [-0.4, -0.2) is 41.4 Å². The number of nitrogens with zero attached hydrogens (tertiary/aromatic N) is 1. The number of hydrazine groups is 1. The van der Waals surface area contributed by atoms with Gasteiger partial charge >= 0.3 is 0 Å². The molecular formula is C18H17ClN2O5S. The SMILES string of the molecule is COc1cc(C2SCC(=O)N2NC(=O)COc2ccc(Cl)cc2)ccc1O. The fraction of sp³-hybridized carbons (Fsp3) is 0.222. The van der Waals surface area contributed by atoms with Crippen LogP contribution in [0.2, 0.25) is 5.02 Å². The maximum Gasteiger partial charge on any atom is 0.276 e. The van der Waals surface area contributed by atoms with E-state index in [4.69, 9.17) is 21.1 Å². The molecule has 1 fully saturated rings. The van der Waals surface area contributed by atoms with Crippen molar-refractivity contribution in [1.29, 1.82) is 0 Å². The third-order valence-corrected chi connectivity index (χ3v) is 5.25. The lowest BCUT2D eigenvalue weighted by Gasteiger charge is -2.25. The second-order valence-corrected chi connectivity index (χ2v) is 7.14. The van der Waals surface area contributed by atoms with E-state index in [-0.39, 0.29) is 24.0 Å². The molecule has 0 saturated carbocycles. The Kier molecular flexibility index (Phi) is 5.98. The first-order chi connectivity index (χ1) is 13.0. The zero-order valence-corrected chi connectivity index (χ0v) is 15.9. The molecule has 3 rings (SSSR count). The molecule has 0 spiro atoms.